The number of hydrogen-bond donors (Lipinski definition) is 3. The first-order valence-electron chi connectivity index (χ1n) is 7.86. The molecule has 2 atom stereocenters. The molecule has 0 bridgehead atoms. The lowest BCUT2D eigenvalue weighted by molar-refractivity contribution is -0.0177. The lowest BCUT2D eigenvalue weighted by Gasteiger charge is -2.11. The number of aliphatic hydroxyl groups is 2. The molecule has 0 saturated carbocycles. The Labute approximate surface area is 149 Å². The SMILES string of the molecule is CC(O)COC(C)CO.OP(Oc1ccccc1)Oc1ccccc1. The van der Waals surface area contributed by atoms with Crippen LogP contribution in [0.4, 0.5) is 0 Å². The van der Waals surface area contributed by atoms with Crippen LogP contribution in [-0.4, -0.2) is 40.5 Å². The minimum Gasteiger partial charge on any atom is -0.418 e. The standard InChI is InChI=1S/C12H11O3P.C6H14O3/c13-16(14-11-7-3-1-4-8-11)15-12-9-5-2-6-10-12;1-5(8)4-9-6(2)3-7/h1-10,13H;5-8H,3-4H2,1-2H3. The number of benzene rings is 2. The molecule has 25 heavy (non-hydrogen) atoms. The molecule has 0 fully saturated rings. The van der Waals surface area contributed by atoms with Gasteiger partial charge in [0, 0.05) is 0 Å². The van der Waals surface area contributed by atoms with Gasteiger partial charge in [0.15, 0.2) is 0 Å². The first-order valence-corrected chi connectivity index (χ1v) is 9.00. The van der Waals surface area contributed by atoms with Crippen molar-refractivity contribution in [3.63, 3.8) is 0 Å². The summed E-state index contributed by atoms with van der Waals surface area (Å²) in [5.41, 5.74) is 0. The van der Waals surface area contributed by atoms with Crippen molar-refractivity contribution >= 4 is 8.60 Å². The van der Waals surface area contributed by atoms with Crippen LogP contribution in [0.2, 0.25) is 0 Å². The van der Waals surface area contributed by atoms with Gasteiger partial charge in [-0.3, -0.25) is 0 Å². The van der Waals surface area contributed by atoms with Gasteiger partial charge in [0.05, 0.1) is 25.4 Å². The van der Waals surface area contributed by atoms with E-state index in [2.05, 4.69) is 0 Å². The summed E-state index contributed by atoms with van der Waals surface area (Å²) in [6, 6.07) is 18.2. The van der Waals surface area contributed by atoms with Gasteiger partial charge in [-0.1, -0.05) is 36.4 Å². The van der Waals surface area contributed by atoms with Crippen LogP contribution >= 0.6 is 8.60 Å². The molecule has 3 N–H and O–H groups in total. The quantitative estimate of drug-likeness (QED) is 0.621. The van der Waals surface area contributed by atoms with Crippen LogP contribution in [0, 0.1) is 0 Å². The summed E-state index contributed by atoms with van der Waals surface area (Å²) in [7, 11) is -1.93. The van der Waals surface area contributed by atoms with Gasteiger partial charge in [-0.2, -0.15) is 0 Å². The fourth-order valence-electron chi connectivity index (χ4n) is 1.52. The van der Waals surface area contributed by atoms with E-state index in [0.29, 0.717) is 18.1 Å². The Kier molecular flexibility index (Phi) is 10.8. The van der Waals surface area contributed by atoms with E-state index < -0.39 is 14.7 Å². The Morgan fingerprint density at radius 2 is 1.32 bits per heavy atom. The van der Waals surface area contributed by atoms with Crippen molar-refractivity contribution in [2.45, 2.75) is 26.1 Å². The summed E-state index contributed by atoms with van der Waals surface area (Å²) in [6.07, 6.45) is -0.612. The third kappa shape index (κ3) is 10.7. The largest absolute Gasteiger partial charge is 0.460 e. The minimum absolute atomic E-state index is 0.00667. The van der Waals surface area contributed by atoms with E-state index in [1.54, 1.807) is 38.1 Å². The van der Waals surface area contributed by atoms with Crippen LogP contribution in [0.3, 0.4) is 0 Å². The molecule has 2 aromatic rings. The van der Waals surface area contributed by atoms with Crippen molar-refractivity contribution in [3.05, 3.63) is 60.7 Å². The van der Waals surface area contributed by atoms with Gasteiger partial charge >= 0.3 is 8.60 Å². The molecule has 6 nitrogen and oxygen atoms in total. The summed E-state index contributed by atoms with van der Waals surface area (Å²) in [6.45, 7) is 3.70. The van der Waals surface area contributed by atoms with E-state index >= 15 is 0 Å². The van der Waals surface area contributed by atoms with Crippen molar-refractivity contribution in [3.8, 4) is 11.5 Å². The molecule has 0 saturated heterocycles. The van der Waals surface area contributed by atoms with E-state index in [1.165, 1.54) is 0 Å². The van der Waals surface area contributed by atoms with E-state index in [0.717, 1.165) is 0 Å². The van der Waals surface area contributed by atoms with Crippen molar-refractivity contribution in [1.82, 2.24) is 0 Å². The average Bonchev–Trinajstić information content (AvgIpc) is 2.61. The Morgan fingerprint density at radius 1 is 0.880 bits per heavy atom. The number of aliphatic hydroxyl groups excluding tert-OH is 2. The molecular weight excluding hydrogens is 343 g/mol. The predicted octanol–water partition coefficient (Wildman–Crippen LogP) is 3.13. The summed E-state index contributed by atoms with van der Waals surface area (Å²) >= 11 is 0. The van der Waals surface area contributed by atoms with Gasteiger partial charge in [0.2, 0.25) is 0 Å². The van der Waals surface area contributed by atoms with Gasteiger partial charge in [-0.25, -0.2) is 0 Å². The summed E-state index contributed by atoms with van der Waals surface area (Å²) < 4.78 is 15.4. The predicted molar refractivity (Wildman–Crippen MR) is 97.5 cm³/mol. The molecule has 0 amide bonds. The highest BCUT2D eigenvalue weighted by atomic mass is 31.2. The van der Waals surface area contributed by atoms with Crippen molar-refractivity contribution in [2.24, 2.45) is 0 Å². The number of ether oxygens (including phenoxy) is 1. The Bertz CT molecular complexity index is 511. The molecule has 7 heteroatoms. The molecule has 2 rings (SSSR count). The van der Waals surface area contributed by atoms with Crippen LogP contribution in [0.25, 0.3) is 0 Å². The van der Waals surface area contributed by atoms with Crippen molar-refractivity contribution in [1.29, 1.82) is 0 Å². The highest BCUT2D eigenvalue weighted by Gasteiger charge is 2.10. The third-order valence-electron chi connectivity index (χ3n) is 2.73. The maximum atomic E-state index is 9.58. The fourth-order valence-corrected chi connectivity index (χ4v) is 2.16. The number of hydrogen-bond acceptors (Lipinski definition) is 6. The highest BCUT2D eigenvalue weighted by Crippen LogP contribution is 2.35. The van der Waals surface area contributed by atoms with Crippen LogP contribution < -0.4 is 9.05 Å². The normalized spacial score (nSPS) is 12.7. The highest BCUT2D eigenvalue weighted by molar-refractivity contribution is 7.41. The molecule has 0 aliphatic carbocycles. The second-order valence-electron chi connectivity index (χ2n) is 5.22. The zero-order valence-electron chi connectivity index (χ0n) is 14.4. The lowest BCUT2D eigenvalue weighted by atomic mass is 10.3. The fraction of sp³-hybridized carbons (Fsp3) is 0.333. The van der Waals surface area contributed by atoms with Gasteiger partial charge in [-0.05, 0) is 38.1 Å². The van der Waals surface area contributed by atoms with E-state index in [9.17, 15) is 4.89 Å². The Hall–Kier alpha value is -1.69. The topological polar surface area (TPSA) is 88.4 Å². The van der Waals surface area contributed by atoms with Gasteiger partial charge < -0.3 is 28.9 Å². The van der Waals surface area contributed by atoms with Crippen molar-refractivity contribution < 1.29 is 28.9 Å². The molecule has 0 aliphatic rings. The van der Waals surface area contributed by atoms with E-state index in [-0.39, 0.29) is 12.7 Å². The first kappa shape index (κ1) is 21.4. The van der Waals surface area contributed by atoms with Crippen LogP contribution in [0.15, 0.2) is 60.7 Å². The molecule has 0 aliphatic heterocycles. The molecule has 0 aromatic heterocycles. The molecule has 0 heterocycles. The Balaban J connectivity index is 0.000000299. The number of para-hydroxylation sites is 2. The van der Waals surface area contributed by atoms with Gasteiger partial charge in [0.1, 0.15) is 11.5 Å². The van der Waals surface area contributed by atoms with E-state index in [4.69, 9.17) is 24.0 Å². The minimum atomic E-state index is -1.93. The van der Waals surface area contributed by atoms with Gasteiger partial charge in [0.25, 0.3) is 0 Å². The van der Waals surface area contributed by atoms with Gasteiger partial charge in [-0.15, -0.1) is 0 Å². The molecule has 0 radical (unpaired) electrons. The maximum absolute atomic E-state index is 9.58. The molecule has 2 aromatic carbocycles. The molecule has 138 valence electrons. The zero-order chi connectivity index (χ0) is 18.5. The molecule has 2 unspecified atom stereocenters. The van der Waals surface area contributed by atoms with Crippen LogP contribution in [0.1, 0.15) is 13.8 Å². The second kappa shape index (κ2) is 12.6. The molecule has 0 spiro atoms. The third-order valence-corrected chi connectivity index (χ3v) is 3.47. The second-order valence-corrected chi connectivity index (χ2v) is 6.06. The van der Waals surface area contributed by atoms with E-state index in [1.807, 2.05) is 36.4 Å². The maximum Gasteiger partial charge on any atom is 0.460 e. The van der Waals surface area contributed by atoms with Crippen molar-refractivity contribution in [2.75, 3.05) is 13.2 Å². The molecular formula is C18H25O6P. The summed E-state index contributed by atoms with van der Waals surface area (Å²) in [5.74, 6) is 1.18. The zero-order valence-corrected chi connectivity index (χ0v) is 15.3. The first-order chi connectivity index (χ1) is 12.0. The lowest BCUT2D eigenvalue weighted by Crippen LogP contribution is -2.19. The monoisotopic (exact) mass is 368 g/mol. The smallest absolute Gasteiger partial charge is 0.418 e. The van der Waals surface area contributed by atoms with Crippen LogP contribution in [0.5, 0.6) is 11.5 Å². The summed E-state index contributed by atoms with van der Waals surface area (Å²) in [5, 5.41) is 17.1. The summed E-state index contributed by atoms with van der Waals surface area (Å²) in [4.78, 5) is 9.58. The average molecular weight is 368 g/mol. The number of rotatable bonds is 8. The Morgan fingerprint density at radius 3 is 1.68 bits per heavy atom. The van der Waals surface area contributed by atoms with Crippen LogP contribution in [-0.2, 0) is 4.74 Å².